The number of amides is 1. The van der Waals surface area contributed by atoms with Crippen molar-refractivity contribution in [3.63, 3.8) is 0 Å². The van der Waals surface area contributed by atoms with Crippen LogP contribution in [0.4, 0.5) is 0 Å². The van der Waals surface area contributed by atoms with Gasteiger partial charge in [-0.25, -0.2) is 4.98 Å². The Morgan fingerprint density at radius 2 is 2.46 bits per heavy atom. The third-order valence-electron chi connectivity index (χ3n) is 1.31. The van der Waals surface area contributed by atoms with Crippen molar-refractivity contribution in [3.05, 3.63) is 12.2 Å². The molecule has 13 heavy (non-hydrogen) atoms. The molecule has 1 aromatic heterocycles. The third kappa shape index (κ3) is 3.20. The Morgan fingerprint density at radius 3 is 2.92 bits per heavy atom. The summed E-state index contributed by atoms with van der Waals surface area (Å²) in [6.45, 7) is 3.38. The van der Waals surface area contributed by atoms with Crippen molar-refractivity contribution in [2.24, 2.45) is 0 Å². The van der Waals surface area contributed by atoms with E-state index in [1.54, 1.807) is 13.8 Å². The van der Waals surface area contributed by atoms with Crippen molar-refractivity contribution in [2.75, 3.05) is 6.54 Å². The first-order valence-electron chi connectivity index (χ1n) is 3.85. The Kier molecular flexibility index (Phi) is 2.62. The van der Waals surface area contributed by atoms with E-state index >= 15 is 0 Å². The molecule has 1 rings (SSSR count). The van der Waals surface area contributed by atoms with Crippen LogP contribution >= 0.6 is 0 Å². The number of hydrogen-bond donors (Lipinski definition) is 3. The summed E-state index contributed by atoms with van der Waals surface area (Å²) in [5.41, 5.74) is -0.921. The molecule has 0 aliphatic carbocycles. The molecule has 1 amide bonds. The van der Waals surface area contributed by atoms with Crippen molar-refractivity contribution in [1.29, 1.82) is 0 Å². The largest absolute Gasteiger partial charge is 0.389 e. The monoisotopic (exact) mass is 184 g/mol. The number of rotatable bonds is 3. The zero-order valence-corrected chi connectivity index (χ0v) is 7.53. The molecular weight excluding hydrogens is 172 g/mol. The summed E-state index contributed by atoms with van der Waals surface area (Å²) < 4.78 is 0. The Balaban J connectivity index is 2.44. The highest BCUT2D eigenvalue weighted by Gasteiger charge is 2.15. The number of carbonyl (C=O) groups is 1. The molecule has 6 nitrogen and oxygen atoms in total. The Morgan fingerprint density at radius 1 is 1.77 bits per heavy atom. The van der Waals surface area contributed by atoms with Crippen molar-refractivity contribution >= 4 is 5.91 Å². The highest BCUT2D eigenvalue weighted by atomic mass is 16.3. The van der Waals surface area contributed by atoms with Gasteiger partial charge < -0.3 is 10.4 Å². The second kappa shape index (κ2) is 3.53. The fraction of sp³-hybridized carbons (Fsp3) is 0.571. The van der Waals surface area contributed by atoms with Crippen LogP contribution in [0, 0.1) is 0 Å². The van der Waals surface area contributed by atoms with Crippen LogP contribution in [0.25, 0.3) is 0 Å². The standard InChI is InChI=1S/C7H12N4O2/c1-7(2,13)3-8-6(12)5-9-4-10-11-5/h4,13H,3H2,1-2H3,(H,8,12)(H,9,10,11). The van der Waals surface area contributed by atoms with Gasteiger partial charge >= 0.3 is 0 Å². The number of H-pyrrole nitrogens is 1. The Hall–Kier alpha value is -1.43. The lowest BCUT2D eigenvalue weighted by atomic mass is 10.1. The molecule has 0 bridgehead atoms. The van der Waals surface area contributed by atoms with Gasteiger partial charge in [0.1, 0.15) is 6.33 Å². The van der Waals surface area contributed by atoms with Gasteiger partial charge in [0.2, 0.25) is 5.82 Å². The summed E-state index contributed by atoms with van der Waals surface area (Å²) >= 11 is 0. The van der Waals surface area contributed by atoms with Crippen LogP contribution in [0.1, 0.15) is 24.5 Å². The minimum atomic E-state index is -0.921. The molecular formula is C7H12N4O2. The molecule has 0 spiro atoms. The van der Waals surface area contributed by atoms with Gasteiger partial charge in [0.05, 0.1) is 5.60 Å². The highest BCUT2D eigenvalue weighted by Crippen LogP contribution is 1.97. The predicted octanol–water partition coefficient (Wildman–Crippen LogP) is -0.695. The van der Waals surface area contributed by atoms with Crippen molar-refractivity contribution in [1.82, 2.24) is 20.5 Å². The zero-order chi connectivity index (χ0) is 9.90. The van der Waals surface area contributed by atoms with Gasteiger partial charge in [0, 0.05) is 6.54 Å². The topological polar surface area (TPSA) is 90.9 Å². The normalized spacial score (nSPS) is 11.3. The maximum Gasteiger partial charge on any atom is 0.288 e. The van der Waals surface area contributed by atoms with E-state index in [1.807, 2.05) is 0 Å². The molecule has 0 aliphatic rings. The van der Waals surface area contributed by atoms with E-state index in [1.165, 1.54) is 6.33 Å². The first-order chi connectivity index (χ1) is 5.99. The molecule has 3 N–H and O–H groups in total. The first-order valence-corrected chi connectivity index (χ1v) is 3.85. The number of carbonyl (C=O) groups excluding carboxylic acids is 1. The molecule has 0 aromatic carbocycles. The van der Waals surface area contributed by atoms with Crippen LogP contribution < -0.4 is 5.32 Å². The summed E-state index contributed by atoms with van der Waals surface area (Å²) in [6, 6.07) is 0. The molecule has 0 fully saturated rings. The van der Waals surface area contributed by atoms with E-state index in [0.717, 1.165) is 0 Å². The van der Waals surface area contributed by atoms with Crippen LogP contribution in [0.5, 0.6) is 0 Å². The van der Waals surface area contributed by atoms with E-state index in [4.69, 9.17) is 0 Å². The molecule has 0 saturated heterocycles. The smallest absolute Gasteiger partial charge is 0.288 e. The van der Waals surface area contributed by atoms with Crippen molar-refractivity contribution in [3.8, 4) is 0 Å². The van der Waals surface area contributed by atoms with Gasteiger partial charge in [-0.15, -0.1) is 0 Å². The van der Waals surface area contributed by atoms with E-state index in [2.05, 4.69) is 20.5 Å². The lowest BCUT2D eigenvalue weighted by Gasteiger charge is -2.16. The van der Waals surface area contributed by atoms with Crippen LogP contribution in [-0.2, 0) is 0 Å². The van der Waals surface area contributed by atoms with Gasteiger partial charge in [-0.3, -0.25) is 9.89 Å². The van der Waals surface area contributed by atoms with E-state index < -0.39 is 5.60 Å². The third-order valence-corrected chi connectivity index (χ3v) is 1.31. The predicted molar refractivity (Wildman–Crippen MR) is 45.0 cm³/mol. The maximum absolute atomic E-state index is 11.2. The number of nitrogens with one attached hydrogen (secondary N) is 2. The summed E-state index contributed by atoms with van der Waals surface area (Å²) in [7, 11) is 0. The van der Waals surface area contributed by atoms with Gasteiger partial charge in [-0.05, 0) is 13.8 Å². The first kappa shape index (κ1) is 9.66. The molecule has 0 unspecified atom stereocenters. The second-order valence-corrected chi connectivity index (χ2v) is 3.33. The summed E-state index contributed by atoms with van der Waals surface area (Å²) in [6.07, 6.45) is 1.25. The fourth-order valence-corrected chi connectivity index (χ4v) is 0.695. The molecule has 0 radical (unpaired) electrons. The molecule has 0 aliphatic heterocycles. The van der Waals surface area contributed by atoms with Crippen LogP contribution in [0.2, 0.25) is 0 Å². The average molecular weight is 184 g/mol. The number of aromatic amines is 1. The van der Waals surface area contributed by atoms with Crippen LogP contribution in [0.3, 0.4) is 0 Å². The lowest BCUT2D eigenvalue weighted by Crippen LogP contribution is -2.38. The maximum atomic E-state index is 11.2. The van der Waals surface area contributed by atoms with E-state index in [0.29, 0.717) is 0 Å². The quantitative estimate of drug-likeness (QED) is 0.579. The molecule has 72 valence electrons. The number of aromatic nitrogens is 3. The number of hydrogen-bond acceptors (Lipinski definition) is 4. The van der Waals surface area contributed by atoms with Crippen LogP contribution in [0.15, 0.2) is 6.33 Å². The molecule has 0 saturated carbocycles. The molecule has 1 heterocycles. The SMILES string of the molecule is CC(C)(O)CNC(=O)c1ncn[nH]1. The fourth-order valence-electron chi connectivity index (χ4n) is 0.695. The van der Waals surface area contributed by atoms with Gasteiger partial charge in [-0.2, -0.15) is 5.10 Å². The summed E-state index contributed by atoms with van der Waals surface area (Å²) in [5.74, 6) is -0.233. The van der Waals surface area contributed by atoms with Crippen molar-refractivity contribution in [2.45, 2.75) is 19.4 Å². The second-order valence-electron chi connectivity index (χ2n) is 3.33. The molecule has 1 aromatic rings. The Labute approximate surface area is 75.4 Å². The number of nitrogens with zero attached hydrogens (tertiary/aromatic N) is 2. The molecule has 6 heteroatoms. The van der Waals surface area contributed by atoms with Gasteiger partial charge in [-0.1, -0.05) is 0 Å². The van der Waals surface area contributed by atoms with Crippen LogP contribution in [-0.4, -0.2) is 38.3 Å². The van der Waals surface area contributed by atoms with Crippen molar-refractivity contribution < 1.29 is 9.90 Å². The van der Waals surface area contributed by atoms with Gasteiger partial charge in [0.15, 0.2) is 0 Å². The summed E-state index contributed by atoms with van der Waals surface area (Å²) in [5, 5.41) is 17.8. The number of aliphatic hydroxyl groups is 1. The minimum absolute atomic E-state index is 0.143. The lowest BCUT2D eigenvalue weighted by molar-refractivity contribution is 0.0689. The molecule has 0 atom stereocenters. The average Bonchev–Trinajstić information content (AvgIpc) is 2.50. The van der Waals surface area contributed by atoms with E-state index in [9.17, 15) is 9.90 Å². The zero-order valence-electron chi connectivity index (χ0n) is 7.53. The minimum Gasteiger partial charge on any atom is -0.389 e. The Bertz CT molecular complexity index is 275. The summed E-state index contributed by atoms with van der Waals surface area (Å²) in [4.78, 5) is 14.9. The highest BCUT2D eigenvalue weighted by molar-refractivity contribution is 5.90. The van der Waals surface area contributed by atoms with Gasteiger partial charge in [0.25, 0.3) is 5.91 Å². The van der Waals surface area contributed by atoms with E-state index in [-0.39, 0.29) is 18.3 Å².